The predicted molar refractivity (Wildman–Crippen MR) is 96.4 cm³/mol. The van der Waals surface area contributed by atoms with Crippen LogP contribution in [0.15, 0.2) is 54.7 Å². The van der Waals surface area contributed by atoms with Crippen LogP contribution in [-0.2, 0) is 6.42 Å². The fraction of sp³-hybridized carbons (Fsp3) is 0.211. The Morgan fingerprint density at radius 2 is 1.78 bits per heavy atom. The maximum atomic E-state index is 11.9. The highest BCUT2D eigenvalue weighted by atomic mass is 35.5. The Labute approximate surface area is 142 Å². The van der Waals surface area contributed by atoms with E-state index in [-0.39, 0.29) is 12.1 Å². The molecule has 0 fully saturated rings. The summed E-state index contributed by atoms with van der Waals surface area (Å²) >= 11 is 5.83. The van der Waals surface area contributed by atoms with Crippen LogP contribution in [0.5, 0.6) is 0 Å². The molecule has 0 bridgehead atoms. The lowest BCUT2D eigenvalue weighted by atomic mass is 10.1. The van der Waals surface area contributed by atoms with Crippen LogP contribution in [0.3, 0.4) is 0 Å². The predicted octanol–water partition coefficient (Wildman–Crippen LogP) is 4.93. The van der Waals surface area contributed by atoms with Crippen molar-refractivity contribution < 1.29 is 4.79 Å². The molecule has 0 spiro atoms. The molecule has 0 saturated heterocycles. The lowest BCUT2D eigenvalue weighted by Gasteiger charge is -2.14. The van der Waals surface area contributed by atoms with Gasteiger partial charge >= 0.3 is 6.03 Å². The van der Waals surface area contributed by atoms with Gasteiger partial charge in [0.05, 0.1) is 6.04 Å². The number of nitrogens with one attached hydrogen (secondary N) is 2. The van der Waals surface area contributed by atoms with Gasteiger partial charge in [-0.1, -0.05) is 54.9 Å². The standard InChI is InChI=1S/C19H21ClN2O/c1-3-15-4-8-17(9-5-15)14(2)22-19(23)21-13-12-16-6-10-18(20)11-7-16/h4-14H,3H2,1-2H3,(H2,21,22,23)/b13-12+. The van der Waals surface area contributed by atoms with Crippen molar-refractivity contribution in [2.24, 2.45) is 0 Å². The zero-order valence-corrected chi connectivity index (χ0v) is 14.1. The minimum Gasteiger partial charge on any atom is -0.331 e. The molecule has 0 heterocycles. The van der Waals surface area contributed by atoms with Gasteiger partial charge in [0.15, 0.2) is 0 Å². The van der Waals surface area contributed by atoms with E-state index in [1.165, 1.54) is 5.56 Å². The second kappa shape index (κ2) is 8.39. The van der Waals surface area contributed by atoms with Crippen molar-refractivity contribution in [3.05, 3.63) is 76.4 Å². The van der Waals surface area contributed by atoms with Crippen LogP contribution in [-0.4, -0.2) is 6.03 Å². The third-order valence-corrected chi connectivity index (χ3v) is 3.85. The van der Waals surface area contributed by atoms with Gasteiger partial charge in [-0.3, -0.25) is 0 Å². The highest BCUT2D eigenvalue weighted by Gasteiger charge is 2.07. The van der Waals surface area contributed by atoms with Gasteiger partial charge in [0, 0.05) is 11.2 Å². The Balaban J connectivity index is 1.84. The number of rotatable bonds is 5. The van der Waals surface area contributed by atoms with Gasteiger partial charge in [-0.05, 0) is 48.2 Å². The molecule has 0 aromatic heterocycles. The Hall–Kier alpha value is -2.26. The molecule has 120 valence electrons. The Morgan fingerprint density at radius 1 is 1.13 bits per heavy atom. The molecule has 1 atom stereocenters. The molecule has 1 unspecified atom stereocenters. The molecule has 0 saturated carbocycles. The Bertz CT molecular complexity index is 663. The molecular formula is C19H21ClN2O. The molecule has 4 heteroatoms. The number of aryl methyl sites for hydroxylation is 1. The highest BCUT2D eigenvalue weighted by Crippen LogP contribution is 2.13. The van der Waals surface area contributed by atoms with Crippen molar-refractivity contribution in [2.45, 2.75) is 26.3 Å². The Morgan fingerprint density at radius 3 is 2.39 bits per heavy atom. The molecule has 2 aromatic rings. The number of carbonyl (C=O) groups excluding carboxylic acids is 1. The summed E-state index contributed by atoms with van der Waals surface area (Å²) in [7, 11) is 0. The van der Waals surface area contributed by atoms with E-state index in [9.17, 15) is 4.79 Å². The van der Waals surface area contributed by atoms with Crippen molar-refractivity contribution in [3.8, 4) is 0 Å². The van der Waals surface area contributed by atoms with Crippen LogP contribution in [0, 0.1) is 0 Å². The van der Waals surface area contributed by atoms with Gasteiger partial charge < -0.3 is 10.6 Å². The summed E-state index contributed by atoms with van der Waals surface area (Å²) in [5.74, 6) is 0. The van der Waals surface area contributed by atoms with E-state index in [1.807, 2.05) is 49.4 Å². The molecule has 23 heavy (non-hydrogen) atoms. The van der Waals surface area contributed by atoms with Crippen LogP contribution < -0.4 is 10.6 Å². The molecule has 2 aromatic carbocycles. The van der Waals surface area contributed by atoms with Crippen molar-refractivity contribution >= 4 is 23.7 Å². The van der Waals surface area contributed by atoms with Crippen molar-refractivity contribution in [2.75, 3.05) is 0 Å². The van der Waals surface area contributed by atoms with Gasteiger partial charge in [0.2, 0.25) is 0 Å². The number of halogens is 1. The van der Waals surface area contributed by atoms with E-state index >= 15 is 0 Å². The number of amides is 2. The summed E-state index contributed by atoms with van der Waals surface area (Å²) in [5.41, 5.74) is 3.34. The summed E-state index contributed by atoms with van der Waals surface area (Å²) in [5, 5.41) is 6.30. The van der Waals surface area contributed by atoms with E-state index in [4.69, 9.17) is 11.6 Å². The highest BCUT2D eigenvalue weighted by molar-refractivity contribution is 6.30. The van der Waals surface area contributed by atoms with E-state index in [0.29, 0.717) is 5.02 Å². The number of urea groups is 1. The number of hydrogen-bond donors (Lipinski definition) is 2. The van der Waals surface area contributed by atoms with Crippen LogP contribution >= 0.6 is 11.6 Å². The molecule has 3 nitrogen and oxygen atoms in total. The van der Waals surface area contributed by atoms with Crippen LogP contribution in [0.25, 0.3) is 6.08 Å². The smallest absolute Gasteiger partial charge is 0.319 e. The molecule has 0 aliphatic heterocycles. The van der Waals surface area contributed by atoms with Crippen LogP contribution in [0.4, 0.5) is 4.79 Å². The molecule has 0 aliphatic rings. The summed E-state index contributed by atoms with van der Waals surface area (Å²) in [6, 6.07) is 15.4. The summed E-state index contributed by atoms with van der Waals surface area (Å²) in [4.78, 5) is 11.9. The van der Waals surface area contributed by atoms with Gasteiger partial charge in [-0.2, -0.15) is 0 Å². The van der Waals surface area contributed by atoms with Gasteiger partial charge in [-0.25, -0.2) is 4.79 Å². The monoisotopic (exact) mass is 328 g/mol. The quantitative estimate of drug-likeness (QED) is 0.802. The molecular weight excluding hydrogens is 308 g/mol. The molecule has 2 rings (SSSR count). The van der Waals surface area contributed by atoms with Gasteiger partial charge in [0.25, 0.3) is 0 Å². The molecule has 2 N–H and O–H groups in total. The Kier molecular flexibility index (Phi) is 6.24. The SMILES string of the molecule is CCc1ccc(C(C)NC(=O)N/C=C/c2ccc(Cl)cc2)cc1. The van der Waals surface area contributed by atoms with E-state index in [1.54, 1.807) is 6.20 Å². The lowest BCUT2D eigenvalue weighted by molar-refractivity contribution is 0.241. The molecule has 0 aliphatic carbocycles. The largest absolute Gasteiger partial charge is 0.331 e. The first-order valence-corrected chi connectivity index (χ1v) is 8.04. The summed E-state index contributed by atoms with van der Waals surface area (Å²) in [6.45, 7) is 4.08. The van der Waals surface area contributed by atoms with E-state index in [2.05, 4.69) is 29.7 Å². The zero-order valence-electron chi connectivity index (χ0n) is 13.3. The average molecular weight is 329 g/mol. The van der Waals surface area contributed by atoms with Crippen molar-refractivity contribution in [3.63, 3.8) is 0 Å². The first-order valence-electron chi connectivity index (χ1n) is 7.66. The number of hydrogen-bond acceptors (Lipinski definition) is 1. The van der Waals surface area contributed by atoms with E-state index < -0.39 is 0 Å². The topological polar surface area (TPSA) is 41.1 Å². The molecule has 0 radical (unpaired) electrons. The zero-order chi connectivity index (χ0) is 16.7. The van der Waals surface area contributed by atoms with Crippen LogP contribution in [0.1, 0.15) is 36.6 Å². The van der Waals surface area contributed by atoms with Crippen molar-refractivity contribution in [1.82, 2.24) is 10.6 Å². The first kappa shape index (κ1) is 17.1. The second-order valence-electron chi connectivity index (χ2n) is 5.32. The number of carbonyl (C=O) groups is 1. The average Bonchev–Trinajstić information content (AvgIpc) is 2.56. The van der Waals surface area contributed by atoms with Gasteiger partial charge in [-0.15, -0.1) is 0 Å². The summed E-state index contributed by atoms with van der Waals surface area (Å²) < 4.78 is 0. The second-order valence-corrected chi connectivity index (χ2v) is 5.76. The summed E-state index contributed by atoms with van der Waals surface area (Å²) in [6.07, 6.45) is 4.44. The van der Waals surface area contributed by atoms with Gasteiger partial charge in [0.1, 0.15) is 0 Å². The maximum absolute atomic E-state index is 11.9. The van der Waals surface area contributed by atoms with E-state index in [0.717, 1.165) is 17.5 Å². The third kappa shape index (κ3) is 5.46. The minimum absolute atomic E-state index is 0.0511. The third-order valence-electron chi connectivity index (χ3n) is 3.60. The first-order chi connectivity index (χ1) is 11.1. The lowest BCUT2D eigenvalue weighted by Crippen LogP contribution is -2.34. The molecule has 2 amide bonds. The number of benzene rings is 2. The van der Waals surface area contributed by atoms with Crippen LogP contribution in [0.2, 0.25) is 5.02 Å². The minimum atomic E-state index is -0.234. The fourth-order valence-electron chi connectivity index (χ4n) is 2.15. The van der Waals surface area contributed by atoms with Crippen molar-refractivity contribution in [1.29, 1.82) is 0 Å². The normalized spacial score (nSPS) is 12.1. The maximum Gasteiger partial charge on any atom is 0.319 e. The fourth-order valence-corrected chi connectivity index (χ4v) is 2.28.